The lowest BCUT2D eigenvalue weighted by molar-refractivity contribution is -0.272. The third-order valence-corrected chi connectivity index (χ3v) is 2.12. The minimum absolute atomic E-state index is 0.112. The van der Waals surface area contributed by atoms with Gasteiger partial charge in [-0.2, -0.15) is 26.3 Å². The highest BCUT2D eigenvalue weighted by molar-refractivity contribution is 6.30. The molecule has 1 rings (SSSR count). The summed E-state index contributed by atoms with van der Waals surface area (Å²) in [6, 6.07) is 2.13. The zero-order chi connectivity index (χ0) is 14.8. The van der Waals surface area contributed by atoms with Crippen molar-refractivity contribution in [3.63, 3.8) is 0 Å². The maximum atomic E-state index is 12.2. The molecule has 3 nitrogen and oxygen atoms in total. The molecule has 0 radical (unpaired) electrons. The summed E-state index contributed by atoms with van der Waals surface area (Å²) in [6.45, 7) is 0. The molecule has 0 atom stereocenters. The number of nitrogens with zero attached hydrogens (tertiary/aromatic N) is 1. The molecule has 0 unspecified atom stereocenters. The summed E-state index contributed by atoms with van der Waals surface area (Å²) in [6.07, 6.45) is -10.5. The lowest BCUT2D eigenvalue weighted by Gasteiger charge is -2.21. The molecule has 19 heavy (non-hydrogen) atoms. The van der Waals surface area contributed by atoms with Crippen molar-refractivity contribution in [3.8, 4) is 0 Å². The Morgan fingerprint density at radius 3 is 2.05 bits per heavy atom. The Labute approximate surface area is 107 Å². The predicted octanol–water partition coefficient (Wildman–Crippen LogP) is 3.41. The van der Waals surface area contributed by atoms with Crippen LogP contribution in [-0.2, 0) is 4.79 Å². The fourth-order valence-corrected chi connectivity index (χ4v) is 1.24. The number of halogens is 7. The number of hydrogen-bond donors (Lipinski definition) is 1. The van der Waals surface area contributed by atoms with E-state index in [1.54, 1.807) is 0 Å². The third kappa shape index (κ3) is 4.27. The van der Waals surface area contributed by atoms with Crippen molar-refractivity contribution in [3.05, 3.63) is 23.4 Å². The van der Waals surface area contributed by atoms with Crippen LogP contribution < -0.4 is 5.32 Å². The molecule has 0 bridgehead atoms. The van der Waals surface area contributed by atoms with Gasteiger partial charge >= 0.3 is 12.4 Å². The highest BCUT2D eigenvalue weighted by Gasteiger charge is 2.61. The molecular formula is C9H5ClF6N2O. The SMILES string of the molecule is O=C(Nc1ccc(Cl)cn1)C(C(F)(F)F)C(F)(F)F. The fraction of sp³-hybridized carbons (Fsp3) is 0.333. The van der Waals surface area contributed by atoms with Crippen molar-refractivity contribution >= 4 is 23.3 Å². The smallest absolute Gasteiger partial charge is 0.310 e. The quantitative estimate of drug-likeness (QED) is 0.851. The van der Waals surface area contributed by atoms with Gasteiger partial charge in [0.1, 0.15) is 5.82 Å². The molecule has 1 heterocycles. The van der Waals surface area contributed by atoms with Crippen molar-refractivity contribution in [2.45, 2.75) is 12.4 Å². The monoisotopic (exact) mass is 306 g/mol. The minimum atomic E-state index is -5.74. The van der Waals surface area contributed by atoms with Gasteiger partial charge in [-0.05, 0) is 12.1 Å². The second-order valence-electron chi connectivity index (χ2n) is 3.37. The fourth-order valence-electron chi connectivity index (χ4n) is 1.13. The van der Waals surface area contributed by atoms with E-state index in [1.807, 2.05) is 0 Å². The van der Waals surface area contributed by atoms with Gasteiger partial charge in [0.05, 0.1) is 5.02 Å². The van der Waals surface area contributed by atoms with E-state index in [-0.39, 0.29) is 5.02 Å². The van der Waals surface area contributed by atoms with Crippen molar-refractivity contribution in [1.29, 1.82) is 0 Å². The topological polar surface area (TPSA) is 42.0 Å². The van der Waals surface area contributed by atoms with Gasteiger partial charge in [-0.1, -0.05) is 11.6 Å². The predicted molar refractivity (Wildman–Crippen MR) is 53.5 cm³/mol. The normalized spacial score (nSPS) is 12.6. The van der Waals surface area contributed by atoms with Crippen LogP contribution in [0.3, 0.4) is 0 Å². The van der Waals surface area contributed by atoms with E-state index in [1.165, 1.54) is 5.32 Å². The second-order valence-corrected chi connectivity index (χ2v) is 3.80. The van der Waals surface area contributed by atoms with E-state index < -0.39 is 30.0 Å². The lowest BCUT2D eigenvalue weighted by atomic mass is 10.1. The molecule has 0 saturated heterocycles. The van der Waals surface area contributed by atoms with Crippen LogP contribution in [0.25, 0.3) is 0 Å². The van der Waals surface area contributed by atoms with Crippen LogP contribution in [-0.4, -0.2) is 23.2 Å². The first-order chi connectivity index (χ1) is 8.51. The van der Waals surface area contributed by atoms with Crippen molar-refractivity contribution in [2.75, 3.05) is 5.32 Å². The highest BCUT2D eigenvalue weighted by atomic mass is 35.5. The molecule has 0 spiro atoms. The molecule has 0 aliphatic heterocycles. The van der Waals surface area contributed by atoms with Gasteiger partial charge in [-0.3, -0.25) is 4.79 Å². The molecule has 1 aromatic heterocycles. The Bertz CT molecular complexity index is 441. The standard InChI is InChI=1S/C9H5ClF6N2O/c10-4-1-2-5(17-3-4)18-7(19)6(8(11,12)13)9(14,15)16/h1-3,6H,(H,17,18,19). The van der Waals surface area contributed by atoms with Crippen LogP contribution in [0.4, 0.5) is 32.2 Å². The number of aromatic nitrogens is 1. The summed E-state index contributed by atoms with van der Waals surface area (Å²) in [7, 11) is 0. The number of carbonyl (C=O) groups is 1. The number of nitrogens with one attached hydrogen (secondary N) is 1. The molecule has 0 saturated carbocycles. The Morgan fingerprint density at radius 2 is 1.68 bits per heavy atom. The third-order valence-electron chi connectivity index (χ3n) is 1.90. The van der Waals surface area contributed by atoms with Crippen molar-refractivity contribution in [2.24, 2.45) is 5.92 Å². The average molecular weight is 307 g/mol. The Kier molecular flexibility index (Phi) is 4.28. The van der Waals surface area contributed by atoms with Gasteiger partial charge in [-0.15, -0.1) is 0 Å². The number of pyridine rings is 1. The Hall–Kier alpha value is -1.51. The van der Waals surface area contributed by atoms with Gasteiger partial charge in [0.25, 0.3) is 0 Å². The van der Waals surface area contributed by atoms with Crippen LogP contribution in [0, 0.1) is 5.92 Å². The second kappa shape index (κ2) is 5.24. The number of hydrogen-bond acceptors (Lipinski definition) is 2. The molecule has 0 aliphatic rings. The molecule has 1 aromatic rings. The molecule has 0 aliphatic carbocycles. The largest absolute Gasteiger partial charge is 0.409 e. The van der Waals surface area contributed by atoms with Gasteiger partial charge < -0.3 is 5.32 Å². The van der Waals surface area contributed by atoms with Crippen LogP contribution in [0.15, 0.2) is 18.3 Å². The zero-order valence-corrected chi connectivity index (χ0v) is 9.57. The van der Waals surface area contributed by atoms with E-state index in [2.05, 4.69) is 4.98 Å². The Balaban J connectivity index is 2.93. The van der Waals surface area contributed by atoms with Crippen LogP contribution in [0.2, 0.25) is 5.02 Å². The molecule has 106 valence electrons. The summed E-state index contributed by atoms with van der Waals surface area (Å²) in [5, 5.41) is 1.55. The van der Waals surface area contributed by atoms with Crippen LogP contribution >= 0.6 is 11.6 Å². The van der Waals surface area contributed by atoms with E-state index in [9.17, 15) is 31.1 Å². The van der Waals surface area contributed by atoms with Crippen LogP contribution in [0.5, 0.6) is 0 Å². The number of alkyl halides is 6. The zero-order valence-electron chi connectivity index (χ0n) is 8.81. The van der Waals surface area contributed by atoms with Gasteiger partial charge in [0.2, 0.25) is 11.8 Å². The molecular weight excluding hydrogens is 302 g/mol. The molecule has 1 N–H and O–H groups in total. The maximum absolute atomic E-state index is 12.2. The molecule has 0 fully saturated rings. The van der Waals surface area contributed by atoms with E-state index in [0.29, 0.717) is 0 Å². The first-order valence-electron chi connectivity index (χ1n) is 4.57. The summed E-state index contributed by atoms with van der Waals surface area (Å²) in [5.41, 5.74) is 0. The first kappa shape index (κ1) is 15.5. The maximum Gasteiger partial charge on any atom is 0.409 e. The van der Waals surface area contributed by atoms with Gasteiger partial charge in [0, 0.05) is 6.20 Å². The first-order valence-corrected chi connectivity index (χ1v) is 4.95. The number of carbonyl (C=O) groups excluding carboxylic acids is 1. The molecule has 0 aromatic carbocycles. The average Bonchev–Trinajstić information content (AvgIpc) is 2.16. The number of rotatable bonds is 2. The lowest BCUT2D eigenvalue weighted by Crippen LogP contribution is -2.45. The summed E-state index contributed by atoms with van der Waals surface area (Å²) >= 11 is 5.42. The van der Waals surface area contributed by atoms with E-state index in [4.69, 9.17) is 11.6 Å². The molecule has 1 amide bonds. The van der Waals surface area contributed by atoms with E-state index >= 15 is 0 Å². The van der Waals surface area contributed by atoms with Gasteiger partial charge in [0.15, 0.2) is 0 Å². The van der Waals surface area contributed by atoms with Crippen LogP contribution in [0.1, 0.15) is 0 Å². The highest BCUT2D eigenvalue weighted by Crippen LogP contribution is 2.39. The summed E-state index contributed by atoms with van der Waals surface area (Å²) in [5.74, 6) is -6.83. The number of anilines is 1. The summed E-state index contributed by atoms with van der Waals surface area (Å²) in [4.78, 5) is 14.4. The van der Waals surface area contributed by atoms with E-state index in [0.717, 1.165) is 18.3 Å². The summed E-state index contributed by atoms with van der Waals surface area (Å²) < 4.78 is 73.3. The Morgan fingerprint density at radius 1 is 1.16 bits per heavy atom. The molecule has 10 heteroatoms. The number of amides is 1. The van der Waals surface area contributed by atoms with Gasteiger partial charge in [-0.25, -0.2) is 4.98 Å². The van der Waals surface area contributed by atoms with Crippen molar-refractivity contribution < 1.29 is 31.1 Å². The van der Waals surface area contributed by atoms with Crippen molar-refractivity contribution in [1.82, 2.24) is 4.98 Å². The minimum Gasteiger partial charge on any atom is -0.310 e.